The number of hydrogen-bond donors (Lipinski definition) is 0. The number of hydrogen-bond acceptors (Lipinski definition) is 2. The van der Waals surface area contributed by atoms with Crippen LogP contribution in [0.5, 0.6) is 0 Å². The Morgan fingerprint density at radius 2 is 0.633 bits per heavy atom. The first kappa shape index (κ1) is 17.9. The second kappa shape index (κ2) is 7.39. The zero-order chi connectivity index (χ0) is 19.9. The van der Waals surface area contributed by atoms with Crippen molar-refractivity contribution in [1.82, 2.24) is 0 Å². The van der Waals surface area contributed by atoms with Crippen LogP contribution in [-0.4, -0.2) is 0 Å². The maximum absolute atomic E-state index is 2.30. The van der Waals surface area contributed by atoms with E-state index in [1.807, 2.05) is 21.6 Å². The third kappa shape index (κ3) is 3.32. The zero-order valence-corrected chi connectivity index (χ0v) is 17.8. The van der Waals surface area contributed by atoms with Gasteiger partial charge in [-0.25, -0.2) is 0 Å². The van der Waals surface area contributed by atoms with Gasteiger partial charge in [0.1, 0.15) is 0 Å². The predicted octanol–water partition coefficient (Wildman–Crippen LogP) is 9.10. The van der Waals surface area contributed by atoms with Gasteiger partial charge in [-0.3, -0.25) is 0 Å². The van der Waals surface area contributed by atoms with E-state index in [0.717, 1.165) is 0 Å². The van der Waals surface area contributed by atoms with E-state index in [9.17, 15) is 0 Å². The van der Waals surface area contributed by atoms with Crippen LogP contribution >= 0.6 is 21.6 Å². The van der Waals surface area contributed by atoms with Gasteiger partial charge in [-0.2, -0.15) is 0 Å². The molecule has 0 nitrogen and oxygen atoms in total. The molecule has 0 saturated carbocycles. The molecule has 0 spiro atoms. The fourth-order valence-electron chi connectivity index (χ4n) is 4.04. The van der Waals surface area contributed by atoms with Crippen LogP contribution in [0.25, 0.3) is 43.1 Å². The summed E-state index contributed by atoms with van der Waals surface area (Å²) in [5.41, 5.74) is 0. The molecule has 0 aliphatic heterocycles. The topological polar surface area (TPSA) is 0 Å². The minimum atomic E-state index is 1.28. The molecule has 6 aromatic rings. The first-order valence-electron chi connectivity index (χ1n) is 10.0. The van der Waals surface area contributed by atoms with E-state index >= 15 is 0 Å². The molecule has 0 fully saturated rings. The summed E-state index contributed by atoms with van der Waals surface area (Å²) in [7, 11) is 3.65. The van der Waals surface area contributed by atoms with Crippen LogP contribution in [-0.2, 0) is 0 Å². The van der Waals surface area contributed by atoms with Crippen molar-refractivity contribution in [3.05, 3.63) is 109 Å². The van der Waals surface area contributed by atoms with Crippen molar-refractivity contribution in [2.45, 2.75) is 9.79 Å². The molecule has 0 saturated heterocycles. The minimum absolute atomic E-state index is 1.28. The van der Waals surface area contributed by atoms with Crippen LogP contribution in [0, 0.1) is 0 Å². The maximum atomic E-state index is 2.30. The molecule has 0 aliphatic rings. The summed E-state index contributed by atoms with van der Waals surface area (Å²) in [6.45, 7) is 0. The molecule has 0 aromatic heterocycles. The van der Waals surface area contributed by atoms with E-state index in [-0.39, 0.29) is 0 Å². The average Bonchev–Trinajstić information content (AvgIpc) is 2.79. The van der Waals surface area contributed by atoms with Gasteiger partial charge < -0.3 is 0 Å². The molecular weight excluding hydrogens is 400 g/mol. The molecule has 0 unspecified atom stereocenters. The summed E-state index contributed by atoms with van der Waals surface area (Å²) in [6, 6.07) is 39.8. The second-order valence-corrected chi connectivity index (χ2v) is 9.86. The van der Waals surface area contributed by atoms with Crippen molar-refractivity contribution in [1.29, 1.82) is 0 Å². The lowest BCUT2D eigenvalue weighted by atomic mass is 10.0. The summed E-state index contributed by atoms with van der Waals surface area (Å²) in [5.74, 6) is 0. The van der Waals surface area contributed by atoms with Gasteiger partial charge in [-0.1, -0.05) is 82.3 Å². The Hall–Kier alpha value is -2.94. The third-order valence-electron chi connectivity index (χ3n) is 5.59. The monoisotopic (exact) mass is 418 g/mol. The highest BCUT2D eigenvalue weighted by atomic mass is 33.1. The predicted molar refractivity (Wildman–Crippen MR) is 135 cm³/mol. The van der Waals surface area contributed by atoms with Gasteiger partial charge in [-0.05, 0) is 91.6 Å². The van der Waals surface area contributed by atoms with E-state index in [2.05, 4.69) is 109 Å². The van der Waals surface area contributed by atoms with Gasteiger partial charge in [0.25, 0.3) is 0 Å². The van der Waals surface area contributed by atoms with Crippen molar-refractivity contribution in [3.8, 4) is 0 Å². The van der Waals surface area contributed by atoms with E-state index in [0.29, 0.717) is 0 Å². The molecule has 0 atom stereocenters. The van der Waals surface area contributed by atoms with Crippen LogP contribution in [0.15, 0.2) is 119 Å². The van der Waals surface area contributed by atoms with Crippen LogP contribution in [0.1, 0.15) is 0 Å². The lowest BCUT2D eigenvalue weighted by Gasteiger charge is -2.07. The van der Waals surface area contributed by atoms with Crippen LogP contribution in [0.2, 0.25) is 0 Å². The molecule has 0 heterocycles. The quantitative estimate of drug-likeness (QED) is 0.208. The highest BCUT2D eigenvalue weighted by Gasteiger charge is 2.04. The van der Waals surface area contributed by atoms with Gasteiger partial charge in [0.15, 0.2) is 0 Å². The van der Waals surface area contributed by atoms with Crippen molar-refractivity contribution >= 4 is 64.7 Å². The molecule has 0 aliphatic carbocycles. The number of benzene rings is 6. The Labute approximate surface area is 183 Å². The van der Waals surface area contributed by atoms with E-state index < -0.39 is 0 Å². The summed E-state index contributed by atoms with van der Waals surface area (Å²) in [6.07, 6.45) is 0. The molecule has 0 bridgehead atoms. The van der Waals surface area contributed by atoms with Crippen LogP contribution in [0.4, 0.5) is 0 Å². The van der Waals surface area contributed by atoms with Crippen LogP contribution in [0.3, 0.4) is 0 Å². The number of fused-ring (bicyclic) bond motifs is 4. The molecule has 30 heavy (non-hydrogen) atoms. The zero-order valence-electron chi connectivity index (χ0n) is 16.2. The normalized spacial score (nSPS) is 11.6. The third-order valence-corrected chi connectivity index (χ3v) is 7.97. The molecule has 2 heteroatoms. The molecule has 6 aromatic carbocycles. The van der Waals surface area contributed by atoms with Crippen molar-refractivity contribution in [2.75, 3.05) is 0 Å². The van der Waals surface area contributed by atoms with E-state index in [1.54, 1.807) is 0 Å². The summed E-state index contributed by atoms with van der Waals surface area (Å²) in [4.78, 5) is 2.56. The Morgan fingerprint density at radius 1 is 0.300 bits per heavy atom. The average molecular weight is 419 g/mol. The fraction of sp³-hybridized carbons (Fsp3) is 0. The lowest BCUT2D eigenvalue weighted by molar-refractivity contribution is 1.52. The Bertz CT molecular complexity index is 1430. The lowest BCUT2D eigenvalue weighted by Crippen LogP contribution is -1.78. The van der Waals surface area contributed by atoms with E-state index in [1.165, 1.54) is 52.9 Å². The molecule has 6 rings (SSSR count). The molecular formula is C28H18S2. The largest absolute Gasteiger partial charge is 0.0616 e. The first-order chi connectivity index (χ1) is 14.8. The number of rotatable bonds is 3. The summed E-state index contributed by atoms with van der Waals surface area (Å²) < 4.78 is 0. The summed E-state index contributed by atoms with van der Waals surface area (Å²) in [5, 5.41) is 10.4. The van der Waals surface area contributed by atoms with Crippen LogP contribution < -0.4 is 0 Å². The van der Waals surface area contributed by atoms with Gasteiger partial charge in [-0.15, -0.1) is 0 Å². The second-order valence-electron chi connectivity index (χ2n) is 7.58. The highest BCUT2D eigenvalue weighted by Crippen LogP contribution is 2.40. The Morgan fingerprint density at radius 3 is 1.03 bits per heavy atom. The summed E-state index contributed by atoms with van der Waals surface area (Å²) >= 11 is 0. The Kier molecular flexibility index (Phi) is 4.40. The van der Waals surface area contributed by atoms with Crippen molar-refractivity contribution in [2.24, 2.45) is 0 Å². The molecule has 142 valence electrons. The fourth-order valence-corrected chi connectivity index (χ4v) is 6.03. The standard InChI is InChI=1S/C28H18S2/c1-3-7-21-15-25-17-27(11-9-23(25)13-19(21)5-1)29-30-28-12-10-24-14-20-6-2-4-8-22(20)16-26(24)18-28/h1-18H. The highest BCUT2D eigenvalue weighted by molar-refractivity contribution is 8.76. The van der Waals surface area contributed by atoms with Gasteiger partial charge in [0.05, 0.1) is 0 Å². The first-order valence-corrected chi connectivity index (χ1v) is 12.2. The van der Waals surface area contributed by atoms with Crippen molar-refractivity contribution < 1.29 is 0 Å². The maximum Gasteiger partial charge on any atom is 0.0192 e. The SMILES string of the molecule is c1ccc2cc3cc(SSc4ccc5cc6ccccc6cc5c4)ccc3cc2c1. The van der Waals surface area contributed by atoms with Gasteiger partial charge in [0, 0.05) is 9.79 Å². The van der Waals surface area contributed by atoms with Gasteiger partial charge >= 0.3 is 0 Å². The molecule has 0 N–H and O–H groups in total. The smallest absolute Gasteiger partial charge is 0.0192 e. The van der Waals surface area contributed by atoms with Gasteiger partial charge in [0.2, 0.25) is 0 Å². The van der Waals surface area contributed by atoms with E-state index in [4.69, 9.17) is 0 Å². The Balaban J connectivity index is 1.30. The minimum Gasteiger partial charge on any atom is -0.0616 e. The molecule has 0 radical (unpaired) electrons. The van der Waals surface area contributed by atoms with Crippen molar-refractivity contribution in [3.63, 3.8) is 0 Å². The molecule has 0 amide bonds.